The first kappa shape index (κ1) is 9.12. The molecule has 14 heavy (non-hydrogen) atoms. The first-order valence-electron chi connectivity index (χ1n) is 4.27. The maximum Gasteiger partial charge on any atom is 0.306 e. The van der Waals surface area contributed by atoms with Crippen LogP contribution < -0.4 is 0 Å². The molecule has 2 nitrogen and oxygen atoms in total. The van der Waals surface area contributed by atoms with Crippen molar-refractivity contribution in [2.75, 3.05) is 6.61 Å². The summed E-state index contributed by atoms with van der Waals surface area (Å²) in [6.07, 6.45) is 0.241. The van der Waals surface area contributed by atoms with Gasteiger partial charge in [-0.05, 0) is 17.7 Å². The highest BCUT2D eigenvalue weighted by molar-refractivity contribution is 5.72. The van der Waals surface area contributed by atoms with Crippen LogP contribution in [0.5, 0.6) is 0 Å². The fourth-order valence-corrected chi connectivity index (χ4v) is 1.49. The summed E-state index contributed by atoms with van der Waals surface area (Å²) in [6, 6.07) is 3.65. The smallest absolute Gasteiger partial charge is 0.306 e. The van der Waals surface area contributed by atoms with Crippen molar-refractivity contribution in [3.8, 4) is 0 Å². The molecule has 1 unspecified atom stereocenters. The number of rotatable bonds is 1. The Bertz CT molecular complexity index is 376. The van der Waals surface area contributed by atoms with E-state index in [1.165, 1.54) is 6.07 Å². The van der Waals surface area contributed by atoms with E-state index >= 15 is 0 Å². The Kier molecular flexibility index (Phi) is 2.19. The van der Waals surface area contributed by atoms with E-state index in [2.05, 4.69) is 0 Å². The number of carbonyl (C=O) groups excluding carboxylic acids is 1. The summed E-state index contributed by atoms with van der Waals surface area (Å²) in [7, 11) is 0. The van der Waals surface area contributed by atoms with Crippen LogP contribution in [0.2, 0.25) is 0 Å². The Balaban J connectivity index is 2.24. The maximum atomic E-state index is 12.8. The summed E-state index contributed by atoms with van der Waals surface area (Å²) in [5, 5.41) is 0. The van der Waals surface area contributed by atoms with Gasteiger partial charge in [0.1, 0.15) is 0 Å². The van der Waals surface area contributed by atoms with E-state index in [4.69, 9.17) is 4.74 Å². The van der Waals surface area contributed by atoms with Gasteiger partial charge >= 0.3 is 5.97 Å². The number of esters is 1. The fraction of sp³-hybridized carbons (Fsp3) is 0.300. The topological polar surface area (TPSA) is 26.3 Å². The summed E-state index contributed by atoms with van der Waals surface area (Å²) in [5.74, 6) is -2.20. The van der Waals surface area contributed by atoms with Crippen molar-refractivity contribution in [1.29, 1.82) is 0 Å². The van der Waals surface area contributed by atoms with E-state index in [0.29, 0.717) is 5.56 Å². The van der Waals surface area contributed by atoms with E-state index in [1.54, 1.807) is 0 Å². The molecule has 1 aliphatic heterocycles. The Morgan fingerprint density at radius 1 is 1.29 bits per heavy atom. The molecule has 1 aliphatic rings. The molecule has 1 heterocycles. The molecule has 1 aromatic rings. The van der Waals surface area contributed by atoms with Crippen molar-refractivity contribution < 1.29 is 18.3 Å². The van der Waals surface area contributed by atoms with Crippen LogP contribution in [0.4, 0.5) is 8.78 Å². The molecule has 0 N–H and O–H groups in total. The molecule has 1 aromatic carbocycles. The van der Waals surface area contributed by atoms with Crippen LogP contribution in [0.25, 0.3) is 0 Å². The Morgan fingerprint density at radius 2 is 2.07 bits per heavy atom. The minimum absolute atomic E-state index is 0.141. The Morgan fingerprint density at radius 3 is 2.64 bits per heavy atom. The second kappa shape index (κ2) is 3.36. The van der Waals surface area contributed by atoms with E-state index in [1.807, 2.05) is 0 Å². The van der Waals surface area contributed by atoms with Crippen molar-refractivity contribution in [3.63, 3.8) is 0 Å². The van der Waals surface area contributed by atoms with Gasteiger partial charge in [0, 0.05) is 5.92 Å². The summed E-state index contributed by atoms with van der Waals surface area (Å²) < 4.78 is 30.2. The summed E-state index contributed by atoms with van der Waals surface area (Å²) in [6.45, 7) is 0.254. The second-order valence-electron chi connectivity index (χ2n) is 3.26. The number of benzene rings is 1. The van der Waals surface area contributed by atoms with Crippen molar-refractivity contribution >= 4 is 5.97 Å². The van der Waals surface area contributed by atoms with Crippen LogP contribution in [-0.2, 0) is 9.53 Å². The number of hydrogen-bond acceptors (Lipinski definition) is 2. The zero-order valence-electron chi connectivity index (χ0n) is 7.30. The van der Waals surface area contributed by atoms with Gasteiger partial charge in [-0.3, -0.25) is 4.79 Å². The monoisotopic (exact) mass is 198 g/mol. The number of carbonyl (C=O) groups is 1. The summed E-state index contributed by atoms with van der Waals surface area (Å²) in [5.41, 5.74) is 0.606. The minimum Gasteiger partial charge on any atom is -0.465 e. The number of hydrogen-bond donors (Lipinski definition) is 0. The number of cyclic esters (lactones) is 1. The predicted molar refractivity (Wildman–Crippen MR) is 44.7 cm³/mol. The fourth-order valence-electron chi connectivity index (χ4n) is 1.49. The van der Waals surface area contributed by atoms with Crippen LogP contribution in [-0.4, -0.2) is 12.6 Å². The molecule has 0 aromatic heterocycles. The molecular weight excluding hydrogens is 190 g/mol. The SMILES string of the molecule is O=C1CC(c2ccc(F)c(F)c2)CO1. The Hall–Kier alpha value is -1.45. The minimum atomic E-state index is -0.887. The first-order chi connectivity index (χ1) is 6.66. The first-order valence-corrected chi connectivity index (χ1v) is 4.27. The lowest BCUT2D eigenvalue weighted by Crippen LogP contribution is -1.99. The normalized spacial score (nSPS) is 21.0. The lowest BCUT2D eigenvalue weighted by atomic mass is 9.98. The van der Waals surface area contributed by atoms with Gasteiger partial charge in [-0.25, -0.2) is 8.78 Å². The molecule has 0 saturated carbocycles. The van der Waals surface area contributed by atoms with Gasteiger partial charge in [-0.1, -0.05) is 6.07 Å². The molecule has 4 heteroatoms. The maximum absolute atomic E-state index is 12.8. The molecule has 0 amide bonds. The largest absolute Gasteiger partial charge is 0.465 e. The highest BCUT2D eigenvalue weighted by atomic mass is 19.2. The van der Waals surface area contributed by atoms with Crippen molar-refractivity contribution in [1.82, 2.24) is 0 Å². The average Bonchev–Trinajstić information content (AvgIpc) is 2.57. The molecule has 2 rings (SSSR count). The highest BCUT2D eigenvalue weighted by Crippen LogP contribution is 2.26. The van der Waals surface area contributed by atoms with Gasteiger partial charge in [-0.2, -0.15) is 0 Å². The van der Waals surface area contributed by atoms with Gasteiger partial charge in [0.25, 0.3) is 0 Å². The molecule has 74 valence electrons. The van der Waals surface area contributed by atoms with Crippen molar-refractivity contribution in [3.05, 3.63) is 35.4 Å². The third kappa shape index (κ3) is 1.60. The molecule has 1 atom stereocenters. The third-order valence-electron chi connectivity index (χ3n) is 2.27. The van der Waals surface area contributed by atoms with Crippen LogP contribution in [0.3, 0.4) is 0 Å². The zero-order chi connectivity index (χ0) is 10.1. The van der Waals surface area contributed by atoms with Gasteiger partial charge in [0.15, 0.2) is 11.6 Å². The van der Waals surface area contributed by atoms with E-state index in [0.717, 1.165) is 12.1 Å². The molecule has 0 bridgehead atoms. The molecule has 1 fully saturated rings. The molecule has 0 radical (unpaired) electrons. The van der Waals surface area contributed by atoms with Crippen LogP contribution in [0.1, 0.15) is 17.9 Å². The average molecular weight is 198 g/mol. The second-order valence-corrected chi connectivity index (χ2v) is 3.26. The van der Waals surface area contributed by atoms with Gasteiger partial charge in [0.2, 0.25) is 0 Å². The number of ether oxygens (including phenoxy) is 1. The summed E-state index contributed by atoms with van der Waals surface area (Å²) >= 11 is 0. The molecule has 1 saturated heterocycles. The highest BCUT2D eigenvalue weighted by Gasteiger charge is 2.25. The predicted octanol–water partition coefficient (Wildman–Crippen LogP) is 2.00. The van der Waals surface area contributed by atoms with Crippen molar-refractivity contribution in [2.45, 2.75) is 12.3 Å². The van der Waals surface area contributed by atoms with E-state index in [9.17, 15) is 13.6 Å². The van der Waals surface area contributed by atoms with E-state index < -0.39 is 11.6 Å². The molecular formula is C10H8F2O2. The Labute approximate surface area is 79.5 Å². The van der Waals surface area contributed by atoms with Crippen LogP contribution in [0.15, 0.2) is 18.2 Å². The quantitative estimate of drug-likeness (QED) is 0.645. The van der Waals surface area contributed by atoms with Crippen molar-refractivity contribution in [2.24, 2.45) is 0 Å². The lowest BCUT2D eigenvalue weighted by Gasteiger charge is -2.06. The molecule has 0 aliphatic carbocycles. The van der Waals surface area contributed by atoms with Gasteiger partial charge in [0.05, 0.1) is 13.0 Å². The van der Waals surface area contributed by atoms with Gasteiger partial charge in [-0.15, -0.1) is 0 Å². The van der Waals surface area contributed by atoms with Crippen LogP contribution in [0, 0.1) is 11.6 Å². The van der Waals surface area contributed by atoms with E-state index in [-0.39, 0.29) is 24.9 Å². The standard InChI is InChI=1S/C10H8F2O2/c11-8-2-1-6(3-9(8)12)7-4-10(13)14-5-7/h1-3,7H,4-5H2. The number of halogens is 2. The van der Waals surface area contributed by atoms with Crippen LogP contribution >= 0.6 is 0 Å². The zero-order valence-corrected chi connectivity index (χ0v) is 7.30. The third-order valence-corrected chi connectivity index (χ3v) is 2.27. The molecule has 0 spiro atoms. The van der Waals surface area contributed by atoms with Gasteiger partial charge < -0.3 is 4.74 Å². The lowest BCUT2D eigenvalue weighted by molar-refractivity contribution is -0.137. The summed E-state index contributed by atoms with van der Waals surface area (Å²) in [4.78, 5) is 10.8.